The van der Waals surface area contributed by atoms with E-state index in [1.165, 1.54) is 43.2 Å². The maximum atomic E-state index is 12.1. The summed E-state index contributed by atoms with van der Waals surface area (Å²) < 4.78 is 11.5. The van der Waals surface area contributed by atoms with E-state index in [9.17, 15) is 9.90 Å². The van der Waals surface area contributed by atoms with Crippen molar-refractivity contribution in [3.8, 4) is 11.5 Å². The van der Waals surface area contributed by atoms with Gasteiger partial charge < -0.3 is 19.9 Å². The number of nitrogens with one attached hydrogen (secondary N) is 1. The summed E-state index contributed by atoms with van der Waals surface area (Å²) in [4.78, 5) is 12.1. The van der Waals surface area contributed by atoms with Crippen molar-refractivity contribution in [1.29, 1.82) is 0 Å². The normalized spacial score (nSPS) is 17.0. The van der Waals surface area contributed by atoms with E-state index in [2.05, 4.69) is 48.6 Å². The van der Waals surface area contributed by atoms with Crippen molar-refractivity contribution in [2.24, 2.45) is 11.8 Å². The molecule has 2 aliphatic rings. The second kappa shape index (κ2) is 14.5. The molecule has 5 nitrogen and oxygen atoms in total. The van der Waals surface area contributed by atoms with Crippen LogP contribution in [0, 0.1) is 11.8 Å². The number of hydrogen-bond donors (Lipinski definition) is 2. The third kappa shape index (κ3) is 8.31. The average Bonchev–Trinajstić information content (AvgIpc) is 3.87. The lowest BCUT2D eigenvalue weighted by Crippen LogP contribution is -2.34. The van der Waals surface area contributed by atoms with Gasteiger partial charge in [-0.15, -0.1) is 0 Å². The number of carbonyl (C=O) groups is 1. The van der Waals surface area contributed by atoms with Gasteiger partial charge in [0, 0.05) is 6.54 Å². The first-order valence-corrected chi connectivity index (χ1v) is 15.3. The molecule has 1 atom stereocenters. The maximum Gasteiger partial charge on any atom is 0.314 e. The zero-order chi connectivity index (χ0) is 28.4. The molecule has 0 spiro atoms. The van der Waals surface area contributed by atoms with Gasteiger partial charge in [-0.1, -0.05) is 80.8 Å². The van der Waals surface area contributed by atoms with Crippen molar-refractivity contribution in [3.05, 3.63) is 95.6 Å². The van der Waals surface area contributed by atoms with E-state index in [1.54, 1.807) is 0 Å². The Morgan fingerprint density at radius 1 is 0.829 bits per heavy atom. The second-order valence-corrected chi connectivity index (χ2v) is 11.4. The van der Waals surface area contributed by atoms with Gasteiger partial charge in [0.1, 0.15) is 24.2 Å². The fourth-order valence-electron chi connectivity index (χ4n) is 5.70. The molecule has 0 amide bonds. The van der Waals surface area contributed by atoms with E-state index in [4.69, 9.17) is 9.47 Å². The Kier molecular flexibility index (Phi) is 10.3. The van der Waals surface area contributed by atoms with Crippen molar-refractivity contribution < 1.29 is 19.4 Å². The molecule has 2 aliphatic carbocycles. The Hall–Kier alpha value is -3.41. The topological polar surface area (TPSA) is 67.8 Å². The molecule has 1 unspecified atom stereocenters. The third-order valence-electron chi connectivity index (χ3n) is 8.17. The van der Waals surface area contributed by atoms with Crippen molar-refractivity contribution in [1.82, 2.24) is 5.32 Å². The lowest BCUT2D eigenvalue weighted by molar-refractivity contribution is -0.135. The Labute approximate surface area is 244 Å². The minimum absolute atomic E-state index is 0.0644. The molecule has 3 aromatic carbocycles. The minimum Gasteiger partial charge on any atom is -0.491 e. The number of aliphatic hydroxyl groups is 1. The van der Waals surface area contributed by atoms with Crippen molar-refractivity contribution in [3.63, 3.8) is 0 Å². The molecule has 216 valence electrons. The van der Waals surface area contributed by atoms with Crippen molar-refractivity contribution in [2.45, 2.75) is 64.4 Å². The monoisotopic (exact) mass is 553 g/mol. The zero-order valence-corrected chi connectivity index (χ0v) is 24.2. The molecule has 0 saturated heterocycles. The molecule has 41 heavy (non-hydrogen) atoms. The molecule has 0 bridgehead atoms. The fraction of sp³-hybridized carbons (Fsp3) is 0.417. The summed E-state index contributed by atoms with van der Waals surface area (Å²) in [5.41, 5.74) is 5.69. The van der Waals surface area contributed by atoms with Crippen LogP contribution < -0.4 is 14.8 Å². The largest absolute Gasteiger partial charge is 0.491 e. The van der Waals surface area contributed by atoms with Gasteiger partial charge in [-0.2, -0.15) is 0 Å². The summed E-state index contributed by atoms with van der Waals surface area (Å²) in [5.74, 6) is 1.99. The van der Waals surface area contributed by atoms with Crippen LogP contribution in [0.5, 0.6) is 11.5 Å². The molecule has 5 rings (SSSR count). The molecular formula is C36H43NO4. The van der Waals surface area contributed by atoms with Gasteiger partial charge in [-0.05, 0) is 96.7 Å². The molecule has 2 N–H and O–H groups in total. The van der Waals surface area contributed by atoms with Crippen LogP contribution in [-0.2, 0) is 4.79 Å². The number of allylic oxidation sites excluding steroid dienone is 1. The Balaban J connectivity index is 1.28. The number of hydrogen-bond acceptors (Lipinski definition) is 5. The Morgan fingerprint density at radius 2 is 1.46 bits per heavy atom. The standard InChI is InChI=1S/C36H43NO4/c1-2-34(27-11-7-4-8-12-27)35(29-17-21-33(22-18-29)41-36(39)30-13-14-30)28-15-19-32(20-16-28)40-25-31(38)24-37-23-26-9-5-3-6-10-26/h4,7-8,11-12,15-22,26,30-31,37-38H,2-3,5-6,9-10,13-14,23-25H2,1H3/b35-34+. The van der Waals surface area contributed by atoms with Crippen LogP contribution in [0.4, 0.5) is 0 Å². The molecule has 5 heteroatoms. The maximum absolute atomic E-state index is 12.1. The highest BCUT2D eigenvalue weighted by molar-refractivity contribution is 5.98. The molecule has 3 aromatic rings. The van der Waals surface area contributed by atoms with Crippen LogP contribution in [0.2, 0.25) is 0 Å². The molecular weight excluding hydrogens is 510 g/mol. The van der Waals surface area contributed by atoms with Crippen LogP contribution >= 0.6 is 0 Å². The number of ether oxygens (including phenoxy) is 2. The van der Waals surface area contributed by atoms with E-state index < -0.39 is 6.10 Å². The molecule has 0 aromatic heterocycles. The Morgan fingerprint density at radius 3 is 2.07 bits per heavy atom. The fourth-order valence-corrected chi connectivity index (χ4v) is 5.70. The lowest BCUT2D eigenvalue weighted by atomic mass is 9.88. The van der Waals surface area contributed by atoms with Gasteiger partial charge in [0.25, 0.3) is 0 Å². The quantitative estimate of drug-likeness (QED) is 0.132. The molecule has 0 heterocycles. The number of esters is 1. The molecule has 2 saturated carbocycles. The van der Waals surface area contributed by atoms with Gasteiger partial charge in [0.2, 0.25) is 0 Å². The van der Waals surface area contributed by atoms with E-state index >= 15 is 0 Å². The van der Waals surface area contributed by atoms with E-state index in [0.29, 0.717) is 12.3 Å². The van der Waals surface area contributed by atoms with Gasteiger partial charge in [-0.3, -0.25) is 4.79 Å². The smallest absolute Gasteiger partial charge is 0.314 e. The lowest BCUT2D eigenvalue weighted by Gasteiger charge is -2.22. The van der Waals surface area contributed by atoms with E-state index in [0.717, 1.165) is 54.2 Å². The number of benzene rings is 3. The summed E-state index contributed by atoms with van der Waals surface area (Å²) >= 11 is 0. The molecule has 0 radical (unpaired) electrons. The first-order valence-electron chi connectivity index (χ1n) is 15.3. The SMILES string of the molecule is CC/C(=C(/c1ccc(OCC(O)CNCC2CCCCC2)cc1)c1ccc(OC(=O)C2CC2)cc1)c1ccccc1. The van der Waals surface area contributed by atoms with Gasteiger partial charge >= 0.3 is 5.97 Å². The summed E-state index contributed by atoms with van der Waals surface area (Å²) in [6.07, 6.45) is 8.77. The average molecular weight is 554 g/mol. The van der Waals surface area contributed by atoms with Gasteiger partial charge in [-0.25, -0.2) is 0 Å². The number of aliphatic hydroxyl groups excluding tert-OH is 1. The Bertz CT molecular complexity index is 1270. The van der Waals surface area contributed by atoms with E-state index in [1.807, 2.05) is 42.5 Å². The highest BCUT2D eigenvalue weighted by atomic mass is 16.5. The summed E-state index contributed by atoms with van der Waals surface area (Å²) in [5, 5.41) is 13.9. The predicted molar refractivity (Wildman–Crippen MR) is 165 cm³/mol. The van der Waals surface area contributed by atoms with Crippen molar-refractivity contribution in [2.75, 3.05) is 19.7 Å². The van der Waals surface area contributed by atoms with E-state index in [-0.39, 0.29) is 18.5 Å². The number of rotatable bonds is 13. The van der Waals surface area contributed by atoms with Crippen LogP contribution in [0.1, 0.15) is 75.0 Å². The predicted octanol–water partition coefficient (Wildman–Crippen LogP) is 7.28. The minimum atomic E-state index is -0.550. The van der Waals surface area contributed by atoms with Crippen LogP contribution in [0.25, 0.3) is 11.1 Å². The van der Waals surface area contributed by atoms with Gasteiger partial charge in [0.05, 0.1) is 5.92 Å². The summed E-state index contributed by atoms with van der Waals surface area (Å²) in [6.45, 7) is 3.95. The van der Waals surface area contributed by atoms with Gasteiger partial charge in [0.15, 0.2) is 0 Å². The first kappa shape index (κ1) is 29.1. The molecule has 2 fully saturated rings. The van der Waals surface area contributed by atoms with Crippen LogP contribution in [0.3, 0.4) is 0 Å². The highest BCUT2D eigenvalue weighted by Gasteiger charge is 2.31. The highest BCUT2D eigenvalue weighted by Crippen LogP contribution is 2.36. The van der Waals surface area contributed by atoms with Crippen molar-refractivity contribution >= 4 is 17.1 Å². The second-order valence-electron chi connectivity index (χ2n) is 11.4. The first-order chi connectivity index (χ1) is 20.1. The number of carbonyl (C=O) groups excluding carboxylic acids is 1. The zero-order valence-electron chi connectivity index (χ0n) is 24.2. The summed E-state index contributed by atoms with van der Waals surface area (Å²) in [7, 11) is 0. The van der Waals surface area contributed by atoms with Crippen LogP contribution in [0.15, 0.2) is 78.9 Å². The molecule has 0 aliphatic heterocycles. The van der Waals surface area contributed by atoms with Crippen LogP contribution in [-0.4, -0.2) is 36.9 Å². The third-order valence-corrected chi connectivity index (χ3v) is 8.17. The summed E-state index contributed by atoms with van der Waals surface area (Å²) in [6, 6.07) is 26.4.